The van der Waals surface area contributed by atoms with Crippen molar-refractivity contribution in [3.63, 3.8) is 0 Å². The van der Waals surface area contributed by atoms with Gasteiger partial charge in [-0.05, 0) is 0 Å². The first-order chi connectivity index (χ1) is 7.74. The van der Waals surface area contributed by atoms with Gasteiger partial charge in [0.2, 0.25) is 12.7 Å². The molecule has 2 aliphatic rings. The van der Waals surface area contributed by atoms with E-state index in [4.69, 9.17) is 0 Å². The second kappa shape index (κ2) is 8.91. The lowest BCUT2D eigenvalue weighted by atomic mass is 10.3. The molecule has 0 saturated carbocycles. The van der Waals surface area contributed by atoms with E-state index >= 15 is 0 Å². The van der Waals surface area contributed by atoms with Crippen LogP contribution in [0.2, 0.25) is 0 Å². The van der Waals surface area contributed by atoms with Crippen LogP contribution in [0.5, 0.6) is 0 Å². The van der Waals surface area contributed by atoms with E-state index in [9.17, 15) is 0 Å². The summed E-state index contributed by atoms with van der Waals surface area (Å²) in [5, 5.41) is 0. The summed E-state index contributed by atoms with van der Waals surface area (Å²) in [6.07, 6.45) is 7.10. The Hall–Kier alpha value is -0.100. The molecule has 0 aliphatic carbocycles. The Morgan fingerprint density at radius 3 is 1.56 bits per heavy atom. The summed E-state index contributed by atoms with van der Waals surface area (Å²) < 4.78 is 4.57. The quantitative estimate of drug-likeness (QED) is 0.450. The summed E-state index contributed by atoms with van der Waals surface area (Å²) >= 11 is 0. The van der Waals surface area contributed by atoms with Gasteiger partial charge in [-0.25, -0.2) is 0 Å². The topological polar surface area (TPSA) is 12.5 Å². The highest BCUT2D eigenvalue weighted by atomic mass is 79.9. The molecule has 0 radical (unpaired) electrons. The van der Waals surface area contributed by atoms with Gasteiger partial charge < -0.3 is 34.0 Å². The number of hydrogen-bond acceptors (Lipinski definition) is 2. The third kappa shape index (κ3) is 5.69. The minimum Gasteiger partial charge on any atom is -1.00 e. The van der Waals surface area contributed by atoms with Gasteiger partial charge in [0.15, 0.2) is 0 Å². The van der Waals surface area contributed by atoms with Crippen LogP contribution in [-0.4, -0.2) is 85.0 Å². The van der Waals surface area contributed by atoms with Gasteiger partial charge in [0.25, 0.3) is 0 Å². The minimum atomic E-state index is 0. The van der Waals surface area contributed by atoms with E-state index in [1.165, 1.54) is 39.0 Å². The molecule has 6 heteroatoms. The second-order valence-corrected chi connectivity index (χ2v) is 4.97. The molecule has 0 saturated heterocycles. The van der Waals surface area contributed by atoms with Crippen LogP contribution in [0, 0.1) is 0 Å². The van der Waals surface area contributed by atoms with Gasteiger partial charge in [-0.3, -0.25) is 19.0 Å². The Labute approximate surface area is 131 Å². The molecule has 0 N–H and O–H groups in total. The Morgan fingerprint density at radius 1 is 0.833 bits per heavy atom. The first-order valence-corrected chi connectivity index (χ1v) is 6.32. The van der Waals surface area contributed by atoms with E-state index in [2.05, 4.69) is 45.7 Å². The lowest BCUT2D eigenvalue weighted by Crippen LogP contribution is -3.00. The summed E-state index contributed by atoms with van der Waals surface area (Å²) in [5.41, 5.74) is 0. The number of rotatable bonds is 3. The molecule has 0 amide bonds. The maximum absolute atomic E-state index is 2.44. The van der Waals surface area contributed by atoms with Crippen LogP contribution in [0.25, 0.3) is 0 Å². The number of nitrogens with zero attached hydrogens (tertiary/aromatic N) is 4. The van der Waals surface area contributed by atoms with Gasteiger partial charge in [0, 0.05) is 12.8 Å². The molecular formula is C12H24Br2N4. The Kier molecular flexibility index (Phi) is 8.86. The maximum Gasteiger partial charge on any atom is 0.234 e. The van der Waals surface area contributed by atoms with Crippen LogP contribution in [0.1, 0.15) is 12.8 Å². The standard InChI is InChI=1S/C12H24N4.2BrH/c1-13-5-3-7-15(11-13)9-10-16-8-4-6-14(2)12-16;;/h11-12H,3-10H2,1-2H3;2*1H/q+2;;/p-2. The lowest BCUT2D eigenvalue weighted by Gasteiger charge is -2.22. The van der Waals surface area contributed by atoms with Crippen molar-refractivity contribution >= 4 is 12.7 Å². The Morgan fingerprint density at radius 2 is 1.22 bits per heavy atom. The molecule has 4 nitrogen and oxygen atoms in total. The molecule has 2 rings (SSSR count). The van der Waals surface area contributed by atoms with Crippen molar-refractivity contribution in [2.24, 2.45) is 0 Å². The van der Waals surface area contributed by atoms with Crippen molar-refractivity contribution in [3.8, 4) is 0 Å². The van der Waals surface area contributed by atoms with Crippen molar-refractivity contribution in [2.45, 2.75) is 12.8 Å². The van der Waals surface area contributed by atoms with Crippen LogP contribution in [-0.2, 0) is 0 Å². The zero-order chi connectivity index (χ0) is 11.4. The average Bonchev–Trinajstić information content (AvgIpc) is 2.27. The molecule has 2 heterocycles. The van der Waals surface area contributed by atoms with Crippen molar-refractivity contribution in [1.82, 2.24) is 9.80 Å². The van der Waals surface area contributed by atoms with Gasteiger partial charge >= 0.3 is 0 Å². The summed E-state index contributed by atoms with van der Waals surface area (Å²) in [5.74, 6) is 0. The summed E-state index contributed by atoms with van der Waals surface area (Å²) in [7, 11) is 4.32. The zero-order valence-corrected chi connectivity index (χ0v) is 14.5. The Balaban J connectivity index is 0.00000144. The zero-order valence-electron chi connectivity index (χ0n) is 11.4. The van der Waals surface area contributed by atoms with Gasteiger partial charge in [-0.1, -0.05) is 0 Å². The fourth-order valence-electron chi connectivity index (χ4n) is 2.43. The number of halogens is 2. The molecule has 0 spiro atoms. The van der Waals surface area contributed by atoms with E-state index in [0.717, 1.165) is 13.1 Å². The normalized spacial score (nSPS) is 19.4. The van der Waals surface area contributed by atoms with Gasteiger partial charge in [0.05, 0.1) is 40.3 Å². The highest BCUT2D eigenvalue weighted by molar-refractivity contribution is 5.51. The highest BCUT2D eigenvalue weighted by Crippen LogP contribution is 1.99. The average molecular weight is 384 g/mol. The first-order valence-electron chi connectivity index (χ1n) is 6.32. The van der Waals surface area contributed by atoms with E-state index < -0.39 is 0 Å². The largest absolute Gasteiger partial charge is 1.00 e. The predicted octanol–water partition coefficient (Wildman–Crippen LogP) is -6.25. The van der Waals surface area contributed by atoms with Crippen LogP contribution in [0.15, 0.2) is 0 Å². The van der Waals surface area contributed by atoms with Crippen LogP contribution in [0.4, 0.5) is 0 Å². The molecule has 18 heavy (non-hydrogen) atoms. The van der Waals surface area contributed by atoms with Gasteiger partial charge in [-0.15, -0.1) is 0 Å². The molecule has 0 fully saturated rings. The van der Waals surface area contributed by atoms with Crippen molar-refractivity contribution in [2.75, 3.05) is 53.4 Å². The maximum atomic E-state index is 2.44. The monoisotopic (exact) mass is 382 g/mol. The van der Waals surface area contributed by atoms with Gasteiger partial charge in [0.1, 0.15) is 13.1 Å². The lowest BCUT2D eigenvalue weighted by molar-refractivity contribution is -0.504. The van der Waals surface area contributed by atoms with Gasteiger partial charge in [-0.2, -0.15) is 0 Å². The molecular weight excluding hydrogens is 360 g/mol. The van der Waals surface area contributed by atoms with E-state index in [0.29, 0.717) is 0 Å². The van der Waals surface area contributed by atoms with E-state index in [1.54, 1.807) is 0 Å². The second-order valence-electron chi connectivity index (χ2n) is 4.97. The van der Waals surface area contributed by atoms with E-state index in [-0.39, 0.29) is 34.0 Å². The van der Waals surface area contributed by atoms with Crippen molar-refractivity contribution < 1.29 is 43.1 Å². The molecule has 0 unspecified atom stereocenters. The van der Waals surface area contributed by atoms with Crippen molar-refractivity contribution in [1.29, 1.82) is 0 Å². The Bertz CT molecular complexity index is 274. The fraction of sp³-hybridized carbons (Fsp3) is 0.833. The molecule has 0 atom stereocenters. The summed E-state index contributed by atoms with van der Waals surface area (Å²) in [6, 6.07) is 0. The van der Waals surface area contributed by atoms with Crippen LogP contribution in [0.3, 0.4) is 0 Å². The molecule has 0 aromatic heterocycles. The predicted molar refractivity (Wildman–Crippen MR) is 66.6 cm³/mol. The SMILES string of the molecule is C[N+]1=CN(CCN2C=[N+](C)CCC2)CCC1.[Br-].[Br-]. The molecule has 2 aliphatic heterocycles. The highest BCUT2D eigenvalue weighted by Gasteiger charge is 2.18. The summed E-state index contributed by atoms with van der Waals surface area (Å²) in [6.45, 7) is 7.13. The third-order valence-corrected chi connectivity index (χ3v) is 3.31. The smallest absolute Gasteiger partial charge is 0.234 e. The molecule has 0 bridgehead atoms. The number of hydrogen-bond donors (Lipinski definition) is 0. The molecule has 106 valence electrons. The van der Waals surface area contributed by atoms with Crippen molar-refractivity contribution in [3.05, 3.63) is 0 Å². The van der Waals surface area contributed by atoms with Crippen LogP contribution >= 0.6 is 0 Å². The minimum absolute atomic E-state index is 0. The third-order valence-electron chi connectivity index (χ3n) is 3.31. The fourth-order valence-corrected chi connectivity index (χ4v) is 2.43. The van der Waals surface area contributed by atoms with Crippen LogP contribution < -0.4 is 34.0 Å². The molecule has 0 aromatic carbocycles. The van der Waals surface area contributed by atoms with E-state index in [1.807, 2.05) is 0 Å². The summed E-state index contributed by atoms with van der Waals surface area (Å²) in [4.78, 5) is 4.87. The first kappa shape index (κ1) is 17.9. The molecule has 0 aromatic rings.